The van der Waals surface area contributed by atoms with Crippen LogP contribution in [-0.2, 0) is 20.9 Å². The maximum absolute atomic E-state index is 13.2. The van der Waals surface area contributed by atoms with Gasteiger partial charge in [-0.2, -0.15) is 0 Å². The minimum Gasteiger partial charge on any atom is -0.455 e. The zero-order valence-electron chi connectivity index (χ0n) is 15.4. The molecular weight excluding hydrogens is 377 g/mol. The lowest BCUT2D eigenvalue weighted by Crippen LogP contribution is -2.31. The van der Waals surface area contributed by atoms with E-state index in [1.165, 1.54) is 28.8 Å². The van der Waals surface area contributed by atoms with E-state index in [-0.39, 0.29) is 30.6 Å². The van der Waals surface area contributed by atoms with Crippen molar-refractivity contribution in [2.45, 2.75) is 11.4 Å². The van der Waals surface area contributed by atoms with Crippen molar-refractivity contribution in [3.05, 3.63) is 78.1 Å². The number of carbonyl (C=O) groups excluding carboxylic acids is 2. The number of rotatable bonds is 7. The summed E-state index contributed by atoms with van der Waals surface area (Å²) in [6.45, 7) is -0.0804. The van der Waals surface area contributed by atoms with Crippen LogP contribution in [-0.4, -0.2) is 36.2 Å². The molecule has 28 heavy (non-hydrogen) atoms. The Morgan fingerprint density at radius 1 is 1.00 bits per heavy atom. The van der Waals surface area contributed by atoms with E-state index in [9.17, 15) is 14.0 Å². The van der Waals surface area contributed by atoms with E-state index in [4.69, 9.17) is 4.74 Å². The maximum Gasteiger partial charge on any atom is 0.316 e. The molecule has 0 aliphatic carbocycles. The lowest BCUT2D eigenvalue weighted by Gasteiger charge is -2.17. The van der Waals surface area contributed by atoms with Crippen molar-refractivity contribution in [2.75, 3.05) is 19.4 Å². The molecule has 0 bridgehead atoms. The van der Waals surface area contributed by atoms with Crippen LogP contribution in [0.25, 0.3) is 10.8 Å². The van der Waals surface area contributed by atoms with Gasteiger partial charge in [-0.3, -0.25) is 9.59 Å². The molecule has 0 aliphatic rings. The molecule has 0 atom stereocenters. The topological polar surface area (TPSA) is 46.6 Å². The molecule has 0 fully saturated rings. The van der Waals surface area contributed by atoms with E-state index in [1.54, 1.807) is 19.2 Å². The summed E-state index contributed by atoms with van der Waals surface area (Å²) in [6.07, 6.45) is 0. The van der Waals surface area contributed by atoms with Crippen LogP contribution in [0.15, 0.2) is 71.6 Å². The monoisotopic (exact) mass is 397 g/mol. The van der Waals surface area contributed by atoms with Crippen LogP contribution in [0.4, 0.5) is 4.39 Å². The maximum atomic E-state index is 13.2. The molecule has 0 N–H and O–H groups in total. The predicted octanol–water partition coefficient (Wildman–Crippen LogP) is 4.27. The summed E-state index contributed by atoms with van der Waals surface area (Å²) in [7, 11) is 1.59. The Bertz CT molecular complexity index is 992. The number of hydrogen-bond acceptors (Lipinski definition) is 4. The molecule has 0 saturated heterocycles. The molecule has 3 rings (SSSR count). The van der Waals surface area contributed by atoms with Gasteiger partial charge in [-0.1, -0.05) is 42.5 Å². The number of nitrogens with zero attached hydrogens (tertiary/aromatic N) is 1. The number of likely N-dealkylation sites (N-methyl/N-ethyl adjacent to an activating group) is 1. The number of benzene rings is 3. The van der Waals surface area contributed by atoms with Gasteiger partial charge in [0.1, 0.15) is 5.82 Å². The lowest BCUT2D eigenvalue weighted by molar-refractivity contribution is -0.149. The molecule has 0 saturated carbocycles. The summed E-state index contributed by atoms with van der Waals surface area (Å²) in [5, 5.41) is 2.25. The van der Waals surface area contributed by atoms with Gasteiger partial charge in [0, 0.05) is 18.5 Å². The van der Waals surface area contributed by atoms with Gasteiger partial charge in [0.2, 0.25) is 0 Å². The van der Waals surface area contributed by atoms with Gasteiger partial charge < -0.3 is 9.64 Å². The fraction of sp³-hybridized carbons (Fsp3) is 0.182. The van der Waals surface area contributed by atoms with Crippen molar-refractivity contribution in [2.24, 2.45) is 0 Å². The third kappa shape index (κ3) is 5.57. The van der Waals surface area contributed by atoms with Gasteiger partial charge in [0.25, 0.3) is 5.91 Å². The normalized spacial score (nSPS) is 10.6. The van der Waals surface area contributed by atoms with E-state index in [0.29, 0.717) is 5.56 Å². The SMILES string of the molecule is CN(Cc1cccc(F)c1)C(=O)COC(=O)CSc1ccc2ccccc2c1. The Kier molecular flexibility index (Phi) is 6.66. The molecule has 6 heteroatoms. The number of thioether (sulfide) groups is 1. The van der Waals surface area contributed by atoms with Crippen molar-refractivity contribution in [3.63, 3.8) is 0 Å². The molecule has 3 aromatic carbocycles. The summed E-state index contributed by atoms with van der Waals surface area (Å²) in [5.41, 5.74) is 0.675. The third-order valence-corrected chi connectivity index (χ3v) is 5.14. The molecule has 0 heterocycles. The van der Waals surface area contributed by atoms with Crippen molar-refractivity contribution in [3.8, 4) is 0 Å². The first-order valence-electron chi connectivity index (χ1n) is 8.77. The fourth-order valence-corrected chi connectivity index (χ4v) is 3.43. The van der Waals surface area contributed by atoms with Crippen molar-refractivity contribution in [1.82, 2.24) is 4.90 Å². The Morgan fingerprint density at radius 3 is 2.57 bits per heavy atom. The average Bonchev–Trinajstić information content (AvgIpc) is 2.70. The molecule has 0 aliphatic heterocycles. The first-order chi connectivity index (χ1) is 13.5. The van der Waals surface area contributed by atoms with Gasteiger partial charge in [-0.05, 0) is 40.6 Å². The number of hydrogen-bond donors (Lipinski definition) is 0. The zero-order valence-corrected chi connectivity index (χ0v) is 16.2. The van der Waals surface area contributed by atoms with Gasteiger partial charge in [0.05, 0.1) is 5.75 Å². The summed E-state index contributed by atoms with van der Waals surface area (Å²) in [4.78, 5) is 26.4. The second-order valence-corrected chi connectivity index (χ2v) is 7.39. The van der Waals surface area contributed by atoms with Crippen molar-refractivity contribution in [1.29, 1.82) is 0 Å². The first-order valence-corrected chi connectivity index (χ1v) is 9.75. The van der Waals surface area contributed by atoms with Crippen LogP contribution < -0.4 is 0 Å². The number of ether oxygens (including phenoxy) is 1. The average molecular weight is 397 g/mol. The Balaban J connectivity index is 1.44. The molecule has 0 aromatic heterocycles. The second kappa shape index (κ2) is 9.37. The molecule has 144 valence electrons. The van der Waals surface area contributed by atoms with E-state index in [2.05, 4.69) is 0 Å². The van der Waals surface area contributed by atoms with Crippen molar-refractivity contribution < 1.29 is 18.7 Å². The molecule has 4 nitrogen and oxygen atoms in total. The summed E-state index contributed by atoms with van der Waals surface area (Å²) < 4.78 is 18.3. The van der Waals surface area contributed by atoms with Crippen molar-refractivity contribution >= 4 is 34.4 Å². The highest BCUT2D eigenvalue weighted by Crippen LogP contribution is 2.23. The van der Waals surface area contributed by atoms with Gasteiger partial charge >= 0.3 is 5.97 Å². The van der Waals surface area contributed by atoms with E-state index < -0.39 is 5.97 Å². The van der Waals surface area contributed by atoms with E-state index >= 15 is 0 Å². The van der Waals surface area contributed by atoms with Gasteiger partial charge in [0.15, 0.2) is 6.61 Å². The number of amides is 1. The van der Waals surface area contributed by atoms with Crippen LogP contribution in [0, 0.1) is 5.82 Å². The highest BCUT2D eigenvalue weighted by Gasteiger charge is 2.13. The highest BCUT2D eigenvalue weighted by atomic mass is 32.2. The number of carbonyl (C=O) groups is 2. The molecule has 0 spiro atoms. The zero-order chi connectivity index (χ0) is 19.9. The summed E-state index contributed by atoms with van der Waals surface area (Å²) in [5.74, 6) is -1.02. The van der Waals surface area contributed by atoms with Gasteiger partial charge in [-0.25, -0.2) is 4.39 Å². The first kappa shape index (κ1) is 19.9. The summed E-state index contributed by atoms with van der Waals surface area (Å²) >= 11 is 1.37. The molecule has 3 aromatic rings. The Hall–Kier alpha value is -2.86. The minimum atomic E-state index is -0.453. The van der Waals surface area contributed by atoms with E-state index in [1.807, 2.05) is 42.5 Å². The second-order valence-electron chi connectivity index (χ2n) is 6.34. The fourth-order valence-electron chi connectivity index (χ4n) is 2.69. The molecule has 0 unspecified atom stereocenters. The molecule has 1 amide bonds. The quantitative estimate of drug-likeness (QED) is 0.441. The van der Waals surface area contributed by atoms with Crippen LogP contribution in [0.3, 0.4) is 0 Å². The third-order valence-electron chi connectivity index (χ3n) is 4.17. The van der Waals surface area contributed by atoms with E-state index in [0.717, 1.165) is 15.7 Å². The smallest absolute Gasteiger partial charge is 0.316 e. The van der Waals surface area contributed by atoms with Crippen LogP contribution in [0.1, 0.15) is 5.56 Å². The standard InChI is InChI=1S/C22H20FNO3S/c1-24(13-16-5-4-8-19(23)11-16)21(25)14-27-22(26)15-28-20-10-9-17-6-2-3-7-18(17)12-20/h2-12H,13-15H2,1H3. The number of esters is 1. The number of halogens is 1. The highest BCUT2D eigenvalue weighted by molar-refractivity contribution is 8.00. The summed E-state index contributed by atoms with van der Waals surface area (Å²) in [6, 6.07) is 20.0. The Morgan fingerprint density at radius 2 is 1.79 bits per heavy atom. The minimum absolute atomic E-state index is 0.124. The van der Waals surface area contributed by atoms with Crippen LogP contribution >= 0.6 is 11.8 Å². The lowest BCUT2D eigenvalue weighted by atomic mass is 10.1. The molecule has 0 radical (unpaired) electrons. The predicted molar refractivity (Wildman–Crippen MR) is 109 cm³/mol. The molecular formula is C22H20FNO3S. The van der Waals surface area contributed by atoms with Crippen LogP contribution in [0.5, 0.6) is 0 Å². The van der Waals surface area contributed by atoms with Gasteiger partial charge in [-0.15, -0.1) is 11.8 Å². The Labute approximate surface area is 167 Å². The largest absolute Gasteiger partial charge is 0.455 e. The number of fused-ring (bicyclic) bond motifs is 1. The van der Waals surface area contributed by atoms with Crippen LogP contribution in [0.2, 0.25) is 0 Å².